The van der Waals surface area contributed by atoms with E-state index < -0.39 is 0 Å². The van der Waals surface area contributed by atoms with Crippen LogP contribution in [0.15, 0.2) is 52.9 Å². The molecule has 164 valence electrons. The van der Waals surface area contributed by atoms with Crippen molar-refractivity contribution in [1.82, 2.24) is 19.7 Å². The van der Waals surface area contributed by atoms with E-state index in [0.717, 1.165) is 40.6 Å². The van der Waals surface area contributed by atoms with Gasteiger partial charge in [0.15, 0.2) is 4.34 Å². The molecule has 32 heavy (non-hydrogen) atoms. The summed E-state index contributed by atoms with van der Waals surface area (Å²) in [5.74, 6) is 0.980. The van der Waals surface area contributed by atoms with Crippen LogP contribution in [0.4, 0.5) is 5.13 Å². The van der Waals surface area contributed by atoms with Crippen LogP contribution in [-0.2, 0) is 11.3 Å². The molecule has 1 aliphatic rings. The van der Waals surface area contributed by atoms with E-state index in [1.807, 2.05) is 36.4 Å². The van der Waals surface area contributed by atoms with E-state index in [0.29, 0.717) is 10.2 Å². The maximum absolute atomic E-state index is 12.1. The average Bonchev–Trinajstić information content (AvgIpc) is 3.39. The second-order valence-corrected chi connectivity index (χ2v) is 10.9. The van der Waals surface area contributed by atoms with Crippen LogP contribution >= 0.6 is 34.7 Å². The highest BCUT2D eigenvalue weighted by Gasteiger charge is 2.34. The van der Waals surface area contributed by atoms with Crippen molar-refractivity contribution >= 4 is 56.8 Å². The molecule has 1 atom stereocenters. The fraction of sp³-hybridized carbons (Fsp3) is 0.304. The molecule has 0 spiro atoms. The van der Waals surface area contributed by atoms with Crippen LogP contribution in [0.3, 0.4) is 0 Å². The number of rotatable bonds is 7. The lowest BCUT2D eigenvalue weighted by Gasteiger charge is -2.15. The lowest BCUT2D eigenvalue weighted by Crippen LogP contribution is -2.30. The van der Waals surface area contributed by atoms with E-state index in [4.69, 9.17) is 16.6 Å². The number of nitrogens with zero attached hydrogens (tertiary/aromatic N) is 5. The topological polar surface area (TPSA) is 63.9 Å². The summed E-state index contributed by atoms with van der Waals surface area (Å²) in [7, 11) is 0. The molecular formula is C23H22ClN5OS2. The van der Waals surface area contributed by atoms with E-state index in [-0.39, 0.29) is 17.2 Å². The monoisotopic (exact) mass is 483 g/mol. The van der Waals surface area contributed by atoms with Crippen LogP contribution in [0.1, 0.15) is 43.3 Å². The van der Waals surface area contributed by atoms with Crippen molar-refractivity contribution in [2.45, 2.75) is 48.9 Å². The Hall–Kier alpha value is -2.42. The van der Waals surface area contributed by atoms with Gasteiger partial charge in [-0.3, -0.25) is 9.69 Å². The number of carbonyl (C=O) groups excluding carboxylic acids is 1. The van der Waals surface area contributed by atoms with Crippen molar-refractivity contribution in [2.75, 3.05) is 4.90 Å². The fourth-order valence-electron chi connectivity index (χ4n) is 3.80. The first kappa shape index (κ1) is 21.4. The first-order chi connectivity index (χ1) is 15.5. The number of carbonyl (C=O) groups is 1. The Balaban J connectivity index is 1.45. The van der Waals surface area contributed by atoms with Crippen molar-refractivity contribution in [3.05, 3.63) is 64.9 Å². The number of benzene rings is 2. The Morgan fingerprint density at radius 1 is 1.25 bits per heavy atom. The number of hydrogen-bond donors (Lipinski definition) is 0. The number of fused-ring (bicyclic) bond motifs is 1. The highest BCUT2D eigenvalue weighted by Crippen LogP contribution is 2.41. The molecule has 2 aromatic heterocycles. The molecule has 1 saturated carbocycles. The summed E-state index contributed by atoms with van der Waals surface area (Å²) in [6, 6.07) is 16.5. The molecule has 9 heteroatoms. The standard InChI is InChI=1S/C23H22ClN5OS2/c1-14(31-23-27-26-22(32-23)29(15(2)30)18-9-10-18)21-25-19-12-17(24)8-11-20(19)28(21)13-16-6-4-3-5-7-16/h3-8,11-12,14,18H,9-10,13H2,1-2H3. The summed E-state index contributed by atoms with van der Waals surface area (Å²) in [5, 5.41) is 10.0. The average molecular weight is 484 g/mol. The number of anilines is 1. The summed E-state index contributed by atoms with van der Waals surface area (Å²) in [6.45, 7) is 4.44. The van der Waals surface area contributed by atoms with E-state index >= 15 is 0 Å². The molecular weight excluding hydrogens is 462 g/mol. The normalized spacial score (nSPS) is 14.6. The Morgan fingerprint density at radius 3 is 2.75 bits per heavy atom. The molecule has 1 unspecified atom stereocenters. The SMILES string of the molecule is CC(=O)N(c1nnc(SC(C)c2nc3cc(Cl)ccc3n2Cc2ccccc2)s1)C1CC1. The Bertz CT molecular complexity index is 1270. The molecule has 0 radical (unpaired) electrons. The first-order valence-corrected chi connectivity index (χ1v) is 12.6. The van der Waals surface area contributed by atoms with Gasteiger partial charge < -0.3 is 4.57 Å². The molecule has 6 nitrogen and oxygen atoms in total. The molecule has 4 aromatic rings. The summed E-state index contributed by atoms with van der Waals surface area (Å²) in [4.78, 5) is 18.8. The minimum absolute atomic E-state index is 0.0229. The third-order valence-corrected chi connectivity index (χ3v) is 7.76. The van der Waals surface area contributed by atoms with E-state index in [2.05, 4.69) is 33.8 Å². The van der Waals surface area contributed by atoms with Gasteiger partial charge in [-0.1, -0.05) is 65.0 Å². The summed E-state index contributed by atoms with van der Waals surface area (Å²) < 4.78 is 3.07. The zero-order valence-electron chi connectivity index (χ0n) is 17.7. The number of halogens is 1. The van der Waals surface area contributed by atoms with Gasteiger partial charge in [0.25, 0.3) is 0 Å². The molecule has 0 bridgehead atoms. The molecule has 5 rings (SSSR count). The van der Waals surface area contributed by atoms with Gasteiger partial charge in [0.2, 0.25) is 11.0 Å². The van der Waals surface area contributed by atoms with E-state index in [1.165, 1.54) is 16.9 Å². The minimum Gasteiger partial charge on any atom is -0.323 e. The van der Waals surface area contributed by atoms with Gasteiger partial charge in [0, 0.05) is 24.5 Å². The molecule has 0 saturated heterocycles. The highest BCUT2D eigenvalue weighted by atomic mass is 35.5. The number of imidazole rings is 1. The molecule has 1 amide bonds. The van der Waals surface area contributed by atoms with Gasteiger partial charge >= 0.3 is 0 Å². The Labute approximate surface area is 199 Å². The van der Waals surface area contributed by atoms with E-state index in [1.54, 1.807) is 23.6 Å². The zero-order chi connectivity index (χ0) is 22.2. The van der Waals surface area contributed by atoms with Crippen LogP contribution in [0.5, 0.6) is 0 Å². The maximum atomic E-state index is 12.1. The predicted molar refractivity (Wildman–Crippen MR) is 131 cm³/mol. The quantitative estimate of drug-likeness (QED) is 0.240. The number of aromatic nitrogens is 4. The minimum atomic E-state index is 0.0229. The molecule has 2 aromatic carbocycles. The van der Waals surface area contributed by atoms with Gasteiger partial charge in [-0.15, -0.1) is 10.2 Å². The van der Waals surface area contributed by atoms with Crippen molar-refractivity contribution in [3.63, 3.8) is 0 Å². The molecule has 1 fully saturated rings. The van der Waals surface area contributed by atoms with Gasteiger partial charge in [0.05, 0.1) is 16.3 Å². The third kappa shape index (κ3) is 4.40. The zero-order valence-corrected chi connectivity index (χ0v) is 20.1. The lowest BCUT2D eigenvalue weighted by atomic mass is 10.2. The summed E-state index contributed by atoms with van der Waals surface area (Å²) in [5.41, 5.74) is 3.14. The fourth-order valence-corrected chi connectivity index (χ4v) is 6.18. The third-order valence-electron chi connectivity index (χ3n) is 5.42. The Kier molecular flexibility index (Phi) is 5.92. The van der Waals surface area contributed by atoms with Crippen LogP contribution in [0.25, 0.3) is 11.0 Å². The lowest BCUT2D eigenvalue weighted by molar-refractivity contribution is -0.116. The number of hydrogen-bond acceptors (Lipinski definition) is 6. The summed E-state index contributed by atoms with van der Waals surface area (Å²) in [6.07, 6.45) is 2.06. The maximum Gasteiger partial charge on any atom is 0.225 e. The first-order valence-electron chi connectivity index (χ1n) is 10.5. The van der Waals surface area contributed by atoms with Crippen LogP contribution in [-0.4, -0.2) is 31.7 Å². The van der Waals surface area contributed by atoms with Crippen molar-refractivity contribution in [2.24, 2.45) is 0 Å². The van der Waals surface area contributed by atoms with Gasteiger partial charge in [-0.2, -0.15) is 0 Å². The number of amides is 1. The van der Waals surface area contributed by atoms with Crippen molar-refractivity contribution < 1.29 is 4.79 Å². The van der Waals surface area contributed by atoms with Gasteiger partial charge in [0.1, 0.15) is 5.82 Å². The summed E-state index contributed by atoms with van der Waals surface area (Å²) >= 11 is 9.32. The molecule has 0 aliphatic heterocycles. The smallest absolute Gasteiger partial charge is 0.225 e. The highest BCUT2D eigenvalue weighted by molar-refractivity contribution is 8.01. The Morgan fingerprint density at radius 2 is 2.03 bits per heavy atom. The molecule has 1 aliphatic carbocycles. The molecule has 2 heterocycles. The van der Waals surface area contributed by atoms with Crippen LogP contribution in [0.2, 0.25) is 5.02 Å². The molecule has 0 N–H and O–H groups in total. The van der Waals surface area contributed by atoms with Crippen LogP contribution < -0.4 is 4.90 Å². The van der Waals surface area contributed by atoms with Crippen molar-refractivity contribution in [3.8, 4) is 0 Å². The van der Waals surface area contributed by atoms with Gasteiger partial charge in [-0.25, -0.2) is 4.98 Å². The van der Waals surface area contributed by atoms with Gasteiger partial charge in [-0.05, 0) is 43.5 Å². The van der Waals surface area contributed by atoms with Crippen LogP contribution in [0, 0.1) is 0 Å². The second-order valence-electron chi connectivity index (χ2n) is 7.91. The largest absolute Gasteiger partial charge is 0.323 e. The predicted octanol–water partition coefficient (Wildman–Crippen LogP) is 5.96. The van der Waals surface area contributed by atoms with Crippen molar-refractivity contribution in [1.29, 1.82) is 0 Å². The van der Waals surface area contributed by atoms with E-state index in [9.17, 15) is 4.79 Å². The second kappa shape index (κ2) is 8.84. The number of thioether (sulfide) groups is 1.